The molecule has 0 saturated heterocycles. The summed E-state index contributed by atoms with van der Waals surface area (Å²) in [6.45, 7) is 4.19. The SMILES string of the molecule is Cc1ccc(CNc2cc(C(N)=O)cc(F)c2C)c(Br)c1. The van der Waals surface area contributed by atoms with Gasteiger partial charge >= 0.3 is 0 Å². The molecule has 0 fully saturated rings. The Bertz CT molecular complexity index is 701. The van der Waals surface area contributed by atoms with E-state index in [1.54, 1.807) is 13.0 Å². The van der Waals surface area contributed by atoms with E-state index in [9.17, 15) is 9.18 Å². The van der Waals surface area contributed by atoms with E-state index in [4.69, 9.17) is 5.73 Å². The second-order valence-corrected chi connectivity index (χ2v) is 5.80. The van der Waals surface area contributed by atoms with Gasteiger partial charge in [-0.05, 0) is 43.2 Å². The van der Waals surface area contributed by atoms with Crippen LogP contribution in [0.15, 0.2) is 34.8 Å². The second-order valence-electron chi connectivity index (χ2n) is 4.94. The van der Waals surface area contributed by atoms with Crippen molar-refractivity contribution in [2.24, 2.45) is 5.73 Å². The first-order valence-electron chi connectivity index (χ1n) is 6.47. The number of amides is 1. The fraction of sp³-hybridized carbons (Fsp3) is 0.188. The third-order valence-electron chi connectivity index (χ3n) is 3.31. The molecule has 2 aromatic carbocycles. The maximum atomic E-state index is 13.8. The van der Waals surface area contributed by atoms with E-state index in [0.29, 0.717) is 17.8 Å². The number of nitrogens with one attached hydrogen (secondary N) is 1. The van der Waals surface area contributed by atoms with Crippen molar-refractivity contribution in [3.8, 4) is 0 Å². The van der Waals surface area contributed by atoms with Gasteiger partial charge in [-0.25, -0.2) is 4.39 Å². The minimum Gasteiger partial charge on any atom is -0.381 e. The van der Waals surface area contributed by atoms with Crippen LogP contribution in [0.4, 0.5) is 10.1 Å². The first-order chi connectivity index (χ1) is 9.88. The predicted molar refractivity (Wildman–Crippen MR) is 85.9 cm³/mol. The predicted octanol–water partition coefficient (Wildman–Crippen LogP) is 3.92. The number of hydrogen-bond acceptors (Lipinski definition) is 2. The zero-order valence-electron chi connectivity index (χ0n) is 11.8. The molecule has 0 unspecified atom stereocenters. The Morgan fingerprint density at radius 1 is 1.29 bits per heavy atom. The molecular weight excluding hydrogens is 335 g/mol. The maximum absolute atomic E-state index is 13.8. The van der Waals surface area contributed by atoms with Crippen LogP contribution in [0, 0.1) is 19.7 Å². The van der Waals surface area contributed by atoms with E-state index < -0.39 is 11.7 Å². The van der Waals surface area contributed by atoms with E-state index in [2.05, 4.69) is 21.2 Å². The Labute approximate surface area is 131 Å². The van der Waals surface area contributed by atoms with Crippen LogP contribution in [0.2, 0.25) is 0 Å². The number of hydrogen-bond donors (Lipinski definition) is 2. The Hall–Kier alpha value is -1.88. The van der Waals surface area contributed by atoms with E-state index >= 15 is 0 Å². The molecule has 0 aliphatic rings. The van der Waals surface area contributed by atoms with Crippen molar-refractivity contribution >= 4 is 27.5 Å². The highest BCUT2D eigenvalue weighted by molar-refractivity contribution is 9.10. The quantitative estimate of drug-likeness (QED) is 0.877. The molecule has 0 aromatic heterocycles. The van der Waals surface area contributed by atoms with Crippen molar-refractivity contribution < 1.29 is 9.18 Å². The van der Waals surface area contributed by atoms with Crippen molar-refractivity contribution in [3.05, 3.63) is 62.9 Å². The van der Waals surface area contributed by atoms with Crippen molar-refractivity contribution in [1.29, 1.82) is 0 Å². The summed E-state index contributed by atoms with van der Waals surface area (Å²) in [6.07, 6.45) is 0. The van der Waals surface area contributed by atoms with Gasteiger partial charge in [-0.1, -0.05) is 28.1 Å². The highest BCUT2D eigenvalue weighted by Crippen LogP contribution is 2.23. The summed E-state index contributed by atoms with van der Waals surface area (Å²) in [6, 6.07) is 8.75. The summed E-state index contributed by atoms with van der Waals surface area (Å²) < 4.78 is 14.8. The lowest BCUT2D eigenvalue weighted by atomic mass is 10.1. The van der Waals surface area contributed by atoms with Gasteiger partial charge in [0.15, 0.2) is 0 Å². The van der Waals surface area contributed by atoms with Gasteiger partial charge < -0.3 is 11.1 Å². The number of benzene rings is 2. The first kappa shape index (κ1) is 15.5. The van der Waals surface area contributed by atoms with Gasteiger partial charge in [0.05, 0.1) is 0 Å². The lowest BCUT2D eigenvalue weighted by Gasteiger charge is -2.13. The molecule has 0 bridgehead atoms. The molecule has 21 heavy (non-hydrogen) atoms. The second kappa shape index (κ2) is 6.26. The van der Waals surface area contributed by atoms with Gasteiger partial charge in [-0.3, -0.25) is 4.79 Å². The number of rotatable bonds is 4. The largest absolute Gasteiger partial charge is 0.381 e. The fourth-order valence-corrected chi connectivity index (χ4v) is 2.62. The fourth-order valence-electron chi connectivity index (χ4n) is 1.99. The maximum Gasteiger partial charge on any atom is 0.248 e. The van der Waals surface area contributed by atoms with Crippen LogP contribution < -0.4 is 11.1 Å². The van der Waals surface area contributed by atoms with Gasteiger partial charge in [-0.15, -0.1) is 0 Å². The van der Waals surface area contributed by atoms with Crippen molar-refractivity contribution in [3.63, 3.8) is 0 Å². The topological polar surface area (TPSA) is 55.1 Å². The highest BCUT2D eigenvalue weighted by Gasteiger charge is 2.10. The number of halogens is 2. The highest BCUT2D eigenvalue weighted by atomic mass is 79.9. The molecule has 5 heteroatoms. The molecule has 0 atom stereocenters. The third-order valence-corrected chi connectivity index (χ3v) is 4.04. The zero-order valence-corrected chi connectivity index (χ0v) is 13.4. The third kappa shape index (κ3) is 3.61. The van der Waals surface area contributed by atoms with Crippen LogP contribution in [-0.2, 0) is 6.54 Å². The molecule has 0 spiro atoms. The number of carbonyl (C=O) groups excluding carboxylic acids is 1. The molecule has 3 N–H and O–H groups in total. The lowest BCUT2D eigenvalue weighted by molar-refractivity contribution is 0.1000. The minimum atomic E-state index is -0.645. The van der Waals surface area contributed by atoms with Crippen molar-refractivity contribution in [2.75, 3.05) is 5.32 Å². The van der Waals surface area contributed by atoms with Gasteiger partial charge in [0.2, 0.25) is 5.91 Å². The summed E-state index contributed by atoms with van der Waals surface area (Å²) in [5.41, 5.74) is 8.59. The number of aryl methyl sites for hydroxylation is 1. The smallest absolute Gasteiger partial charge is 0.248 e. The summed E-state index contributed by atoms with van der Waals surface area (Å²) in [5.74, 6) is -1.09. The monoisotopic (exact) mass is 350 g/mol. The van der Waals surface area contributed by atoms with Gasteiger partial charge in [-0.2, -0.15) is 0 Å². The van der Waals surface area contributed by atoms with Crippen LogP contribution in [0.5, 0.6) is 0 Å². The van der Waals surface area contributed by atoms with Crippen LogP contribution in [-0.4, -0.2) is 5.91 Å². The lowest BCUT2D eigenvalue weighted by Crippen LogP contribution is -2.13. The average Bonchev–Trinajstić information content (AvgIpc) is 2.41. The number of carbonyl (C=O) groups is 1. The van der Waals surface area contributed by atoms with Crippen LogP contribution >= 0.6 is 15.9 Å². The van der Waals surface area contributed by atoms with E-state index in [1.807, 2.05) is 25.1 Å². The van der Waals surface area contributed by atoms with E-state index in [0.717, 1.165) is 21.7 Å². The minimum absolute atomic E-state index is 0.156. The molecular formula is C16H16BrFN2O. The molecule has 0 saturated carbocycles. The normalized spacial score (nSPS) is 10.5. The summed E-state index contributed by atoms with van der Waals surface area (Å²) in [4.78, 5) is 11.2. The van der Waals surface area contributed by atoms with Gasteiger partial charge in [0.1, 0.15) is 5.82 Å². The molecule has 110 valence electrons. The van der Waals surface area contributed by atoms with E-state index in [1.165, 1.54) is 0 Å². The summed E-state index contributed by atoms with van der Waals surface area (Å²) >= 11 is 3.50. The van der Waals surface area contributed by atoms with Gasteiger partial charge in [0, 0.05) is 27.8 Å². The van der Waals surface area contributed by atoms with E-state index in [-0.39, 0.29) is 5.56 Å². The Morgan fingerprint density at radius 2 is 2.00 bits per heavy atom. The van der Waals surface area contributed by atoms with Crippen LogP contribution in [0.25, 0.3) is 0 Å². The van der Waals surface area contributed by atoms with Crippen LogP contribution in [0.1, 0.15) is 27.0 Å². The Balaban J connectivity index is 2.25. The van der Waals surface area contributed by atoms with Gasteiger partial charge in [0.25, 0.3) is 0 Å². The van der Waals surface area contributed by atoms with Crippen molar-refractivity contribution in [1.82, 2.24) is 0 Å². The first-order valence-corrected chi connectivity index (χ1v) is 7.26. The Kier molecular flexibility index (Phi) is 4.63. The van der Waals surface area contributed by atoms with Crippen LogP contribution in [0.3, 0.4) is 0 Å². The number of anilines is 1. The Morgan fingerprint density at radius 3 is 2.62 bits per heavy atom. The molecule has 2 rings (SSSR count). The summed E-state index contributed by atoms with van der Waals surface area (Å²) in [7, 11) is 0. The molecule has 0 radical (unpaired) electrons. The molecule has 1 amide bonds. The molecule has 0 aliphatic heterocycles. The van der Waals surface area contributed by atoms with Crippen molar-refractivity contribution in [2.45, 2.75) is 20.4 Å². The number of primary amides is 1. The standard InChI is InChI=1S/C16H16BrFN2O/c1-9-3-4-11(13(17)5-9)8-20-15-7-12(16(19)21)6-14(18)10(15)2/h3-7,20H,8H2,1-2H3,(H2,19,21). The average molecular weight is 351 g/mol. The molecule has 3 nitrogen and oxygen atoms in total. The number of nitrogens with two attached hydrogens (primary N) is 1. The molecule has 0 heterocycles. The molecule has 2 aromatic rings. The zero-order chi connectivity index (χ0) is 15.6. The summed E-state index contributed by atoms with van der Waals surface area (Å²) in [5, 5.41) is 3.15. The molecule has 0 aliphatic carbocycles.